The van der Waals surface area contributed by atoms with Crippen molar-refractivity contribution in [1.29, 1.82) is 0 Å². The molecule has 0 unspecified atom stereocenters. The molecule has 0 spiro atoms. The largest absolute Gasteiger partial charge is 0.492 e. The number of hydrogen-bond acceptors (Lipinski definition) is 4. The molecule has 1 saturated carbocycles. The number of benzene rings is 2. The third-order valence-electron chi connectivity index (χ3n) is 5.45. The molecule has 5 rings (SSSR count). The molecule has 2 aliphatic rings. The van der Waals surface area contributed by atoms with Gasteiger partial charge >= 0.3 is 0 Å². The lowest BCUT2D eigenvalue weighted by molar-refractivity contribution is 0.0322. The van der Waals surface area contributed by atoms with Gasteiger partial charge < -0.3 is 9.47 Å². The Morgan fingerprint density at radius 3 is 2.70 bits per heavy atom. The molecule has 2 aromatic carbocycles. The van der Waals surface area contributed by atoms with Crippen LogP contribution in [0, 0.1) is 0 Å². The summed E-state index contributed by atoms with van der Waals surface area (Å²) in [5, 5.41) is 6.95. The fourth-order valence-corrected chi connectivity index (χ4v) is 3.64. The highest BCUT2D eigenvalue weighted by Crippen LogP contribution is 2.35. The average Bonchev–Trinajstić information content (AvgIpc) is 3.45. The van der Waals surface area contributed by atoms with Gasteiger partial charge in [0.2, 0.25) is 0 Å². The second-order valence-corrected chi connectivity index (χ2v) is 7.47. The second-order valence-electron chi connectivity index (χ2n) is 7.47. The van der Waals surface area contributed by atoms with Gasteiger partial charge in [-0.15, -0.1) is 0 Å². The second kappa shape index (κ2) is 7.33. The molecule has 0 atom stereocenters. The molecular weight excluding hydrogens is 338 g/mol. The highest BCUT2D eigenvalue weighted by molar-refractivity contribution is 5.88. The van der Waals surface area contributed by atoms with Crippen LogP contribution in [0.1, 0.15) is 18.9 Å². The molecule has 0 amide bonds. The summed E-state index contributed by atoms with van der Waals surface area (Å²) in [5.41, 5.74) is 2.39. The molecule has 140 valence electrons. The number of aromatic nitrogens is 2. The van der Waals surface area contributed by atoms with Crippen LogP contribution < -0.4 is 4.74 Å². The topological polar surface area (TPSA) is 39.5 Å². The van der Waals surface area contributed by atoms with Crippen molar-refractivity contribution < 1.29 is 9.47 Å². The van der Waals surface area contributed by atoms with Gasteiger partial charge in [0, 0.05) is 31.4 Å². The van der Waals surface area contributed by atoms with Crippen LogP contribution in [-0.4, -0.2) is 54.1 Å². The van der Waals surface area contributed by atoms with E-state index in [0.717, 1.165) is 38.6 Å². The molecule has 5 heteroatoms. The zero-order valence-electron chi connectivity index (χ0n) is 15.5. The molecule has 0 bridgehead atoms. The Kier molecular flexibility index (Phi) is 4.56. The molecule has 1 aliphatic carbocycles. The Morgan fingerprint density at radius 1 is 1.00 bits per heavy atom. The van der Waals surface area contributed by atoms with Gasteiger partial charge in [0.05, 0.1) is 25.5 Å². The fourth-order valence-electron chi connectivity index (χ4n) is 3.64. The first kappa shape index (κ1) is 16.8. The first-order chi connectivity index (χ1) is 13.3. The van der Waals surface area contributed by atoms with Crippen molar-refractivity contribution >= 4 is 10.8 Å². The van der Waals surface area contributed by atoms with E-state index in [1.807, 2.05) is 6.20 Å². The number of fused-ring (bicyclic) bond motifs is 1. The van der Waals surface area contributed by atoms with Crippen LogP contribution in [0.4, 0.5) is 0 Å². The van der Waals surface area contributed by atoms with Crippen LogP contribution in [0.25, 0.3) is 21.9 Å². The van der Waals surface area contributed by atoms with Gasteiger partial charge in [0.15, 0.2) is 0 Å². The van der Waals surface area contributed by atoms with E-state index in [2.05, 4.69) is 57.3 Å². The lowest BCUT2D eigenvalue weighted by Gasteiger charge is -2.26. The predicted octanol–water partition coefficient (Wildman–Crippen LogP) is 3.75. The minimum Gasteiger partial charge on any atom is -0.492 e. The van der Waals surface area contributed by atoms with Crippen molar-refractivity contribution in [1.82, 2.24) is 14.7 Å². The van der Waals surface area contributed by atoms with Crippen molar-refractivity contribution in [3.8, 4) is 16.9 Å². The third kappa shape index (κ3) is 3.84. The van der Waals surface area contributed by atoms with E-state index in [1.165, 1.54) is 34.7 Å². The molecule has 5 nitrogen and oxygen atoms in total. The minimum atomic E-state index is 0.616. The van der Waals surface area contributed by atoms with Crippen molar-refractivity contribution in [2.24, 2.45) is 0 Å². The van der Waals surface area contributed by atoms with Crippen molar-refractivity contribution in [2.45, 2.75) is 18.9 Å². The van der Waals surface area contributed by atoms with E-state index in [0.29, 0.717) is 12.6 Å². The van der Waals surface area contributed by atoms with Crippen molar-refractivity contribution in [3.63, 3.8) is 0 Å². The Morgan fingerprint density at radius 2 is 1.85 bits per heavy atom. The van der Waals surface area contributed by atoms with Gasteiger partial charge in [-0.1, -0.05) is 18.2 Å². The third-order valence-corrected chi connectivity index (χ3v) is 5.45. The first-order valence-corrected chi connectivity index (χ1v) is 9.86. The fraction of sp³-hybridized carbons (Fsp3) is 0.409. The van der Waals surface area contributed by atoms with E-state index in [4.69, 9.17) is 9.47 Å². The van der Waals surface area contributed by atoms with E-state index in [9.17, 15) is 0 Å². The zero-order valence-corrected chi connectivity index (χ0v) is 15.5. The SMILES string of the molecule is c1cc2ccc(-c3cnn(C4CC4)c3)cc2cc1OCCN1CCOCC1. The maximum absolute atomic E-state index is 6.01. The van der Waals surface area contributed by atoms with E-state index >= 15 is 0 Å². The minimum absolute atomic E-state index is 0.616. The van der Waals surface area contributed by atoms with Crippen LogP contribution in [0.3, 0.4) is 0 Å². The smallest absolute Gasteiger partial charge is 0.120 e. The molecular formula is C22H25N3O2. The number of nitrogens with zero attached hydrogens (tertiary/aromatic N) is 3. The van der Waals surface area contributed by atoms with Crippen molar-refractivity contribution in [2.75, 3.05) is 39.5 Å². The first-order valence-electron chi connectivity index (χ1n) is 9.86. The Hall–Kier alpha value is -2.37. The number of hydrogen-bond donors (Lipinski definition) is 0. The summed E-state index contributed by atoms with van der Waals surface area (Å²) in [6, 6.07) is 13.5. The number of rotatable bonds is 6. The maximum Gasteiger partial charge on any atom is 0.120 e. The lowest BCUT2D eigenvalue weighted by atomic mass is 10.0. The van der Waals surface area contributed by atoms with Crippen LogP contribution in [0.15, 0.2) is 48.8 Å². The monoisotopic (exact) mass is 363 g/mol. The highest BCUT2D eigenvalue weighted by Gasteiger charge is 2.24. The van der Waals surface area contributed by atoms with Gasteiger partial charge in [-0.3, -0.25) is 9.58 Å². The van der Waals surface area contributed by atoms with E-state index in [-0.39, 0.29) is 0 Å². The van der Waals surface area contributed by atoms with Gasteiger partial charge in [-0.25, -0.2) is 0 Å². The van der Waals surface area contributed by atoms with E-state index in [1.54, 1.807) is 0 Å². The number of ether oxygens (including phenoxy) is 2. The van der Waals surface area contributed by atoms with Crippen LogP contribution in [-0.2, 0) is 4.74 Å². The molecule has 3 aromatic rings. The summed E-state index contributed by atoms with van der Waals surface area (Å²) in [6.07, 6.45) is 6.65. The summed E-state index contributed by atoms with van der Waals surface area (Å²) in [7, 11) is 0. The summed E-state index contributed by atoms with van der Waals surface area (Å²) < 4.78 is 13.5. The van der Waals surface area contributed by atoms with Gasteiger partial charge in [0.1, 0.15) is 12.4 Å². The molecule has 2 fully saturated rings. The van der Waals surface area contributed by atoms with Gasteiger partial charge in [-0.05, 0) is 47.4 Å². The van der Waals surface area contributed by atoms with Crippen LogP contribution in [0.5, 0.6) is 5.75 Å². The Bertz CT molecular complexity index is 926. The van der Waals surface area contributed by atoms with Gasteiger partial charge in [-0.2, -0.15) is 5.10 Å². The Balaban J connectivity index is 1.29. The van der Waals surface area contributed by atoms with Crippen LogP contribution >= 0.6 is 0 Å². The standard InChI is InChI=1S/C22H25N3O2/c1-2-18(20-15-23-25(16-20)21-4-5-21)13-19-14-22(6-3-17(1)19)27-12-9-24-7-10-26-11-8-24/h1-3,6,13-16,21H,4-5,7-12H2. The normalized spacial score (nSPS) is 18.1. The van der Waals surface area contributed by atoms with Crippen molar-refractivity contribution in [3.05, 3.63) is 48.8 Å². The quantitative estimate of drug-likeness (QED) is 0.669. The number of morpholine rings is 1. The summed E-state index contributed by atoms with van der Waals surface area (Å²) in [6.45, 7) is 5.31. The average molecular weight is 363 g/mol. The lowest BCUT2D eigenvalue weighted by Crippen LogP contribution is -2.38. The molecule has 1 saturated heterocycles. The Labute approximate surface area is 159 Å². The molecule has 1 aliphatic heterocycles. The maximum atomic E-state index is 6.01. The predicted molar refractivity (Wildman–Crippen MR) is 106 cm³/mol. The van der Waals surface area contributed by atoms with Gasteiger partial charge in [0.25, 0.3) is 0 Å². The molecule has 27 heavy (non-hydrogen) atoms. The molecule has 1 aromatic heterocycles. The summed E-state index contributed by atoms with van der Waals surface area (Å²) in [5.74, 6) is 0.932. The zero-order chi connectivity index (χ0) is 18.1. The molecule has 0 radical (unpaired) electrons. The highest BCUT2D eigenvalue weighted by atomic mass is 16.5. The van der Waals surface area contributed by atoms with E-state index < -0.39 is 0 Å². The molecule has 0 N–H and O–H groups in total. The summed E-state index contributed by atoms with van der Waals surface area (Å²) >= 11 is 0. The van der Waals surface area contributed by atoms with Crippen LogP contribution in [0.2, 0.25) is 0 Å². The molecule has 2 heterocycles. The summed E-state index contributed by atoms with van der Waals surface area (Å²) in [4.78, 5) is 2.39.